The second-order valence-electron chi connectivity index (χ2n) is 15.8. The largest absolute Gasteiger partial charge is 0.444 e. The lowest BCUT2D eigenvalue weighted by molar-refractivity contribution is -0.147. The van der Waals surface area contributed by atoms with Crippen molar-refractivity contribution in [2.24, 2.45) is 11.3 Å². The summed E-state index contributed by atoms with van der Waals surface area (Å²) in [6.45, 7) is 12.0. The number of hydrogen-bond acceptors (Lipinski definition) is 8. The number of amides is 6. The van der Waals surface area contributed by atoms with Crippen LogP contribution in [0.5, 0.6) is 0 Å². The maximum Gasteiger partial charge on any atom is 0.408 e. The van der Waals surface area contributed by atoms with Gasteiger partial charge in [-0.3, -0.25) is 28.8 Å². The maximum atomic E-state index is 14.2. The highest BCUT2D eigenvalue weighted by molar-refractivity contribution is 6.38. The molecular formula is C37H56N6O8. The number of rotatable bonds is 14. The number of likely N-dealkylation sites (tertiary alicyclic amines) is 1. The van der Waals surface area contributed by atoms with Crippen LogP contribution in [0, 0.1) is 11.3 Å². The van der Waals surface area contributed by atoms with E-state index >= 15 is 0 Å². The summed E-state index contributed by atoms with van der Waals surface area (Å²) in [5, 5.41) is 10.4. The SMILES string of the molecule is CCCCC(NC(=O)[C@@H]1C2CCC(C2)N1C(=O)[C@@H](NC(=O)OC(C)(C)C)C(C)(C)C)C(=O)C(=O)NCC(=O)N[C@@H](C(=O)N(C)C)c1ccccc1. The maximum absolute atomic E-state index is 14.2. The van der Waals surface area contributed by atoms with Gasteiger partial charge in [-0.25, -0.2) is 4.79 Å². The van der Waals surface area contributed by atoms with Crippen LogP contribution in [0.4, 0.5) is 4.79 Å². The van der Waals surface area contributed by atoms with Gasteiger partial charge in [-0.05, 0) is 63.4 Å². The van der Waals surface area contributed by atoms with Crippen molar-refractivity contribution in [1.82, 2.24) is 31.1 Å². The van der Waals surface area contributed by atoms with E-state index in [2.05, 4.69) is 21.3 Å². The fourth-order valence-electron chi connectivity index (χ4n) is 6.61. The van der Waals surface area contributed by atoms with Gasteiger partial charge in [-0.2, -0.15) is 0 Å². The standard InChI is InChI=1S/C37H56N6O8/c1-10-11-17-25(29(45)32(47)38-21-26(44)40-27(33(48)42(8)9)22-15-13-12-14-16-22)39-31(46)28-23-18-19-24(20-23)43(28)34(49)30(36(2,3)4)41-35(50)51-37(5,6)7/h12-16,23-25,27-28,30H,10-11,17-21H2,1-9H3,(H,38,47)(H,39,46)(H,40,44)(H,41,50)/t23?,24?,25?,27-,28+,30-/m1/s1. The quantitative estimate of drug-likeness (QED) is 0.212. The van der Waals surface area contributed by atoms with Crippen molar-refractivity contribution in [2.45, 2.75) is 123 Å². The molecule has 14 nitrogen and oxygen atoms in total. The Balaban J connectivity index is 1.73. The highest BCUT2D eigenvalue weighted by Crippen LogP contribution is 2.43. The smallest absolute Gasteiger partial charge is 0.408 e. The summed E-state index contributed by atoms with van der Waals surface area (Å²) in [7, 11) is 3.12. The molecule has 1 saturated carbocycles. The Morgan fingerprint density at radius 2 is 1.57 bits per heavy atom. The van der Waals surface area contributed by atoms with Crippen LogP contribution in [0.3, 0.4) is 0 Å². The van der Waals surface area contributed by atoms with E-state index in [9.17, 15) is 33.6 Å². The number of hydrogen-bond donors (Lipinski definition) is 4. The van der Waals surface area contributed by atoms with Crippen LogP contribution in [0.15, 0.2) is 30.3 Å². The van der Waals surface area contributed by atoms with Crippen LogP contribution >= 0.6 is 0 Å². The minimum absolute atomic E-state index is 0.150. The summed E-state index contributed by atoms with van der Waals surface area (Å²) in [5.41, 5.74) is -0.949. The van der Waals surface area contributed by atoms with E-state index in [0.29, 0.717) is 31.2 Å². The summed E-state index contributed by atoms with van der Waals surface area (Å²) in [4.78, 5) is 96.0. The lowest BCUT2D eigenvalue weighted by atomic mass is 9.85. The minimum atomic E-state index is -1.19. The Kier molecular flexibility index (Phi) is 13.8. The minimum Gasteiger partial charge on any atom is -0.444 e. The van der Waals surface area contributed by atoms with Gasteiger partial charge in [0, 0.05) is 20.1 Å². The Labute approximate surface area is 301 Å². The Bertz CT molecular complexity index is 1450. The van der Waals surface area contributed by atoms with E-state index in [-0.39, 0.29) is 24.3 Å². The molecule has 6 atom stereocenters. The first-order chi connectivity index (χ1) is 23.7. The number of ketones is 1. The topological polar surface area (TPSA) is 183 Å². The summed E-state index contributed by atoms with van der Waals surface area (Å²) in [6.07, 6.45) is 2.68. The first-order valence-electron chi connectivity index (χ1n) is 17.7. The Hall–Kier alpha value is -4.49. The van der Waals surface area contributed by atoms with E-state index in [1.54, 1.807) is 70.1 Å². The molecular weight excluding hydrogens is 656 g/mol. The number of likely N-dealkylation sites (N-methyl/N-ethyl adjacent to an activating group) is 1. The molecule has 51 heavy (non-hydrogen) atoms. The third-order valence-corrected chi connectivity index (χ3v) is 9.12. The second kappa shape index (κ2) is 17.1. The van der Waals surface area contributed by atoms with Crippen LogP contribution in [0.1, 0.15) is 98.6 Å². The molecule has 2 aliphatic rings. The fraction of sp³-hybridized carbons (Fsp3) is 0.649. The molecule has 1 aromatic carbocycles. The summed E-state index contributed by atoms with van der Waals surface area (Å²) in [6, 6.07) is 4.35. The molecule has 4 N–H and O–H groups in total. The van der Waals surface area contributed by atoms with Gasteiger partial charge >= 0.3 is 6.09 Å². The van der Waals surface area contributed by atoms with Crippen molar-refractivity contribution in [3.8, 4) is 0 Å². The summed E-state index contributed by atoms with van der Waals surface area (Å²) in [5.74, 6) is -4.15. The molecule has 3 unspecified atom stereocenters. The average Bonchev–Trinajstić information content (AvgIpc) is 3.67. The number of unbranched alkanes of at least 4 members (excludes halogenated alkanes) is 1. The molecule has 3 rings (SSSR count). The second-order valence-corrected chi connectivity index (χ2v) is 15.8. The third kappa shape index (κ3) is 11.0. The summed E-state index contributed by atoms with van der Waals surface area (Å²) >= 11 is 0. The number of nitrogens with one attached hydrogen (secondary N) is 4. The molecule has 1 saturated heterocycles. The Morgan fingerprint density at radius 1 is 0.922 bits per heavy atom. The predicted molar refractivity (Wildman–Crippen MR) is 190 cm³/mol. The molecule has 0 spiro atoms. The van der Waals surface area contributed by atoms with Gasteiger partial charge in [0.25, 0.3) is 5.91 Å². The van der Waals surface area contributed by atoms with Gasteiger partial charge < -0.3 is 35.8 Å². The van der Waals surface area contributed by atoms with Gasteiger partial charge in [0.15, 0.2) is 0 Å². The van der Waals surface area contributed by atoms with Crippen LogP contribution in [-0.2, 0) is 33.5 Å². The number of carbonyl (C=O) groups is 7. The van der Waals surface area contributed by atoms with Gasteiger partial charge in [0.1, 0.15) is 23.7 Å². The molecule has 1 aliphatic carbocycles. The van der Waals surface area contributed by atoms with Crippen LogP contribution < -0.4 is 21.3 Å². The van der Waals surface area contributed by atoms with Gasteiger partial charge in [0.05, 0.1) is 12.6 Å². The molecule has 2 bridgehead atoms. The first-order valence-corrected chi connectivity index (χ1v) is 17.7. The number of fused-ring (bicyclic) bond motifs is 2. The third-order valence-electron chi connectivity index (χ3n) is 9.12. The fourth-order valence-corrected chi connectivity index (χ4v) is 6.61. The molecule has 1 heterocycles. The predicted octanol–water partition coefficient (Wildman–Crippen LogP) is 2.61. The van der Waals surface area contributed by atoms with E-state index < -0.39 is 77.2 Å². The van der Waals surface area contributed by atoms with E-state index in [0.717, 1.165) is 6.42 Å². The monoisotopic (exact) mass is 712 g/mol. The van der Waals surface area contributed by atoms with Crippen molar-refractivity contribution in [3.05, 3.63) is 35.9 Å². The molecule has 2 fully saturated rings. The van der Waals surface area contributed by atoms with Crippen LogP contribution in [-0.4, -0.2) is 102 Å². The van der Waals surface area contributed by atoms with Gasteiger partial charge in [-0.1, -0.05) is 70.9 Å². The highest BCUT2D eigenvalue weighted by atomic mass is 16.6. The van der Waals surface area contributed by atoms with E-state index in [4.69, 9.17) is 4.74 Å². The average molecular weight is 713 g/mol. The zero-order chi connectivity index (χ0) is 38.3. The highest BCUT2D eigenvalue weighted by Gasteiger charge is 2.54. The zero-order valence-corrected chi connectivity index (χ0v) is 31.5. The molecule has 6 amide bonds. The van der Waals surface area contributed by atoms with Crippen LogP contribution in [0.2, 0.25) is 0 Å². The number of ether oxygens (including phenoxy) is 1. The number of benzene rings is 1. The number of piperidine rings is 1. The van der Waals surface area contributed by atoms with Crippen molar-refractivity contribution in [3.63, 3.8) is 0 Å². The van der Waals surface area contributed by atoms with Gasteiger partial charge in [-0.15, -0.1) is 0 Å². The van der Waals surface area contributed by atoms with Crippen molar-refractivity contribution in [1.29, 1.82) is 0 Å². The molecule has 282 valence electrons. The first kappa shape index (κ1) is 40.9. The lowest BCUT2D eigenvalue weighted by Crippen LogP contribution is -2.62. The number of carbonyl (C=O) groups excluding carboxylic acids is 7. The zero-order valence-electron chi connectivity index (χ0n) is 31.5. The number of alkyl carbamates (subject to hydrolysis) is 1. The van der Waals surface area contributed by atoms with E-state index in [1.165, 1.54) is 4.90 Å². The molecule has 0 aromatic heterocycles. The summed E-state index contributed by atoms with van der Waals surface area (Å²) < 4.78 is 5.43. The lowest BCUT2D eigenvalue weighted by Gasteiger charge is -2.40. The normalized spacial score (nSPS) is 20.0. The molecule has 1 aliphatic heterocycles. The van der Waals surface area contributed by atoms with E-state index in [1.807, 2.05) is 27.7 Å². The van der Waals surface area contributed by atoms with Crippen molar-refractivity contribution >= 4 is 41.4 Å². The van der Waals surface area contributed by atoms with Crippen LogP contribution in [0.25, 0.3) is 0 Å². The molecule has 1 aromatic rings. The number of Topliss-reactive ketones (excluding diaryl/α,β-unsaturated/α-hetero) is 1. The van der Waals surface area contributed by atoms with Gasteiger partial charge in [0.2, 0.25) is 29.4 Å². The van der Waals surface area contributed by atoms with Crippen molar-refractivity contribution < 1.29 is 38.3 Å². The van der Waals surface area contributed by atoms with Crippen molar-refractivity contribution in [2.75, 3.05) is 20.6 Å². The molecule has 14 heteroatoms. The number of nitrogens with zero attached hydrogens (tertiary/aromatic N) is 2. The Morgan fingerprint density at radius 3 is 2.14 bits per heavy atom. The molecule has 0 radical (unpaired) electrons.